The summed E-state index contributed by atoms with van der Waals surface area (Å²) in [5.74, 6) is -0.0675. The summed E-state index contributed by atoms with van der Waals surface area (Å²) >= 11 is 0. The summed E-state index contributed by atoms with van der Waals surface area (Å²) in [6, 6.07) is 8.92. The van der Waals surface area contributed by atoms with Crippen molar-refractivity contribution in [2.45, 2.75) is 6.04 Å². The molecular weight excluding hydrogens is 164 g/mol. The Labute approximate surface area is 76.2 Å². The SMILES string of the molecule is CN1C(=O)c2ccccc2[C@@H]1C#N. The second kappa shape index (κ2) is 2.60. The number of nitrogens with zero attached hydrogens (tertiary/aromatic N) is 2. The van der Waals surface area contributed by atoms with Crippen LogP contribution in [0.15, 0.2) is 24.3 Å². The van der Waals surface area contributed by atoms with Gasteiger partial charge in [0.25, 0.3) is 5.91 Å². The standard InChI is InChI=1S/C10H8N2O/c1-12-9(6-11)7-4-2-3-5-8(7)10(12)13/h2-5,9H,1H3/t9-/m0/s1. The van der Waals surface area contributed by atoms with E-state index in [1.54, 1.807) is 13.1 Å². The minimum absolute atomic E-state index is 0.0675. The van der Waals surface area contributed by atoms with E-state index in [1.165, 1.54) is 4.90 Å². The zero-order valence-electron chi connectivity index (χ0n) is 7.19. The Hall–Kier alpha value is -1.82. The van der Waals surface area contributed by atoms with Crippen molar-refractivity contribution in [1.29, 1.82) is 5.26 Å². The molecule has 1 atom stereocenters. The van der Waals surface area contributed by atoms with E-state index >= 15 is 0 Å². The van der Waals surface area contributed by atoms with Crippen LogP contribution in [0.1, 0.15) is 22.0 Å². The molecule has 0 spiro atoms. The Bertz CT molecular complexity index is 406. The Balaban J connectivity index is 2.62. The second-order valence-corrected chi connectivity index (χ2v) is 3.03. The molecule has 1 aromatic carbocycles. The number of benzene rings is 1. The number of rotatable bonds is 0. The molecule has 3 heteroatoms. The van der Waals surface area contributed by atoms with E-state index in [1.807, 2.05) is 18.2 Å². The highest BCUT2D eigenvalue weighted by Gasteiger charge is 2.33. The summed E-state index contributed by atoms with van der Waals surface area (Å²) < 4.78 is 0. The van der Waals surface area contributed by atoms with E-state index < -0.39 is 6.04 Å². The normalized spacial score (nSPS) is 19.8. The molecule has 1 aliphatic rings. The van der Waals surface area contributed by atoms with Gasteiger partial charge < -0.3 is 4.90 Å². The van der Waals surface area contributed by atoms with E-state index in [0.29, 0.717) is 5.56 Å². The van der Waals surface area contributed by atoms with Crippen molar-refractivity contribution in [3.63, 3.8) is 0 Å². The lowest BCUT2D eigenvalue weighted by molar-refractivity contribution is 0.0800. The molecule has 0 unspecified atom stereocenters. The minimum atomic E-state index is -0.413. The van der Waals surface area contributed by atoms with Gasteiger partial charge >= 0.3 is 0 Å². The predicted molar refractivity (Wildman–Crippen MR) is 46.9 cm³/mol. The van der Waals surface area contributed by atoms with E-state index in [0.717, 1.165) is 5.56 Å². The predicted octanol–water partition coefficient (Wildman–Crippen LogP) is 1.34. The lowest BCUT2D eigenvalue weighted by atomic mass is 10.1. The fraction of sp³-hybridized carbons (Fsp3) is 0.200. The third-order valence-electron chi connectivity index (χ3n) is 2.32. The van der Waals surface area contributed by atoms with E-state index in [2.05, 4.69) is 6.07 Å². The number of carbonyl (C=O) groups excluding carboxylic acids is 1. The molecule has 0 fully saturated rings. The molecule has 2 rings (SSSR count). The van der Waals surface area contributed by atoms with Crippen LogP contribution < -0.4 is 0 Å². The molecule has 0 bridgehead atoms. The van der Waals surface area contributed by atoms with E-state index in [4.69, 9.17) is 5.26 Å². The van der Waals surface area contributed by atoms with Gasteiger partial charge in [-0.3, -0.25) is 4.79 Å². The summed E-state index contributed by atoms with van der Waals surface area (Å²) in [6.07, 6.45) is 0. The second-order valence-electron chi connectivity index (χ2n) is 3.03. The van der Waals surface area contributed by atoms with Gasteiger partial charge in [0.15, 0.2) is 0 Å². The topological polar surface area (TPSA) is 44.1 Å². The average molecular weight is 172 g/mol. The minimum Gasteiger partial charge on any atom is -0.322 e. The lowest BCUT2D eigenvalue weighted by Gasteiger charge is -2.11. The molecule has 0 aliphatic carbocycles. The van der Waals surface area contributed by atoms with E-state index in [-0.39, 0.29) is 5.91 Å². The smallest absolute Gasteiger partial charge is 0.255 e. The van der Waals surface area contributed by atoms with Crippen LogP contribution in [-0.2, 0) is 0 Å². The molecule has 3 nitrogen and oxygen atoms in total. The van der Waals surface area contributed by atoms with Gasteiger partial charge in [-0.05, 0) is 6.07 Å². The molecule has 0 N–H and O–H groups in total. The summed E-state index contributed by atoms with van der Waals surface area (Å²) in [4.78, 5) is 13.0. The molecule has 0 aromatic heterocycles. The van der Waals surface area contributed by atoms with Crippen molar-refractivity contribution in [2.24, 2.45) is 0 Å². The van der Waals surface area contributed by atoms with Crippen molar-refractivity contribution in [3.8, 4) is 6.07 Å². The van der Waals surface area contributed by atoms with Crippen molar-refractivity contribution in [3.05, 3.63) is 35.4 Å². The van der Waals surface area contributed by atoms with Crippen molar-refractivity contribution in [2.75, 3.05) is 7.05 Å². The van der Waals surface area contributed by atoms with Crippen LogP contribution >= 0.6 is 0 Å². The maximum atomic E-state index is 11.5. The van der Waals surface area contributed by atoms with Gasteiger partial charge in [-0.2, -0.15) is 5.26 Å². The summed E-state index contributed by atoms with van der Waals surface area (Å²) in [7, 11) is 1.65. The van der Waals surface area contributed by atoms with Crippen LogP contribution in [-0.4, -0.2) is 17.9 Å². The zero-order chi connectivity index (χ0) is 9.42. The summed E-state index contributed by atoms with van der Waals surface area (Å²) in [5.41, 5.74) is 1.47. The van der Waals surface area contributed by atoms with Gasteiger partial charge in [0, 0.05) is 18.2 Å². The van der Waals surface area contributed by atoms with Crippen molar-refractivity contribution in [1.82, 2.24) is 4.90 Å². The fourth-order valence-corrected chi connectivity index (χ4v) is 1.60. The molecular formula is C10H8N2O. The molecule has 13 heavy (non-hydrogen) atoms. The maximum absolute atomic E-state index is 11.5. The first-order valence-corrected chi connectivity index (χ1v) is 4.01. The lowest BCUT2D eigenvalue weighted by Crippen LogP contribution is -2.21. The average Bonchev–Trinajstić information content (AvgIpc) is 2.41. The van der Waals surface area contributed by atoms with Crippen LogP contribution in [0.3, 0.4) is 0 Å². The molecule has 1 aromatic rings. The highest BCUT2D eigenvalue weighted by Crippen LogP contribution is 2.30. The van der Waals surface area contributed by atoms with Crippen LogP contribution in [0.2, 0.25) is 0 Å². The molecule has 0 radical (unpaired) electrons. The number of hydrogen-bond donors (Lipinski definition) is 0. The van der Waals surface area contributed by atoms with Crippen LogP contribution in [0.5, 0.6) is 0 Å². The Morgan fingerprint density at radius 3 is 2.85 bits per heavy atom. The summed E-state index contributed by atoms with van der Waals surface area (Å²) in [5, 5.41) is 8.86. The van der Waals surface area contributed by atoms with E-state index in [9.17, 15) is 4.79 Å². The van der Waals surface area contributed by atoms with Gasteiger partial charge in [0.05, 0.1) is 6.07 Å². The van der Waals surface area contributed by atoms with Crippen LogP contribution in [0, 0.1) is 11.3 Å². The van der Waals surface area contributed by atoms with Gasteiger partial charge in [-0.25, -0.2) is 0 Å². The first-order chi connectivity index (χ1) is 6.25. The van der Waals surface area contributed by atoms with Gasteiger partial charge in [0.2, 0.25) is 0 Å². The maximum Gasteiger partial charge on any atom is 0.255 e. The van der Waals surface area contributed by atoms with Gasteiger partial charge in [0.1, 0.15) is 6.04 Å². The number of hydrogen-bond acceptors (Lipinski definition) is 2. The first kappa shape index (κ1) is 7.81. The first-order valence-electron chi connectivity index (χ1n) is 4.01. The molecule has 64 valence electrons. The Kier molecular flexibility index (Phi) is 1.56. The third kappa shape index (κ3) is 0.922. The largest absolute Gasteiger partial charge is 0.322 e. The molecule has 1 amide bonds. The van der Waals surface area contributed by atoms with Crippen LogP contribution in [0.25, 0.3) is 0 Å². The van der Waals surface area contributed by atoms with Gasteiger partial charge in [-0.15, -0.1) is 0 Å². The number of nitriles is 1. The molecule has 0 saturated heterocycles. The zero-order valence-corrected chi connectivity index (χ0v) is 7.19. The quantitative estimate of drug-likeness (QED) is 0.592. The monoisotopic (exact) mass is 172 g/mol. The van der Waals surface area contributed by atoms with Crippen LogP contribution in [0.4, 0.5) is 0 Å². The Morgan fingerprint density at radius 2 is 2.15 bits per heavy atom. The number of fused-ring (bicyclic) bond motifs is 1. The number of amides is 1. The molecule has 1 heterocycles. The molecule has 0 saturated carbocycles. The van der Waals surface area contributed by atoms with Crippen molar-refractivity contribution >= 4 is 5.91 Å². The number of carbonyl (C=O) groups is 1. The Morgan fingerprint density at radius 1 is 1.46 bits per heavy atom. The van der Waals surface area contributed by atoms with Gasteiger partial charge in [-0.1, -0.05) is 18.2 Å². The highest BCUT2D eigenvalue weighted by atomic mass is 16.2. The van der Waals surface area contributed by atoms with Crippen molar-refractivity contribution < 1.29 is 4.79 Å². The summed E-state index contributed by atoms with van der Waals surface area (Å²) in [6.45, 7) is 0. The molecule has 1 aliphatic heterocycles. The third-order valence-corrected chi connectivity index (χ3v) is 2.32. The fourth-order valence-electron chi connectivity index (χ4n) is 1.60. The highest BCUT2D eigenvalue weighted by molar-refractivity contribution is 5.99.